The maximum absolute atomic E-state index is 10.4. The third-order valence-corrected chi connectivity index (χ3v) is 1.92. The molecular weight excluding hydrogens is 154 g/mol. The molecule has 0 saturated heterocycles. The monoisotopic (exact) mass is 166 g/mol. The molecule has 0 radical (unpaired) electrons. The number of nitrogens with zero attached hydrogens (tertiary/aromatic N) is 1. The Labute approximate surface area is 71.3 Å². The fourth-order valence-corrected chi connectivity index (χ4v) is 1.07. The topological polar surface area (TPSA) is 41.2 Å². The molecule has 0 atom stereocenters. The van der Waals surface area contributed by atoms with Crippen molar-refractivity contribution in [2.45, 2.75) is 20.4 Å². The SMILES string of the molecule is Cc1ccc[n+](CC(=O)O)c1C. The predicted octanol–water partition coefficient (Wildman–Crippen LogP) is 0.676. The van der Waals surface area contributed by atoms with Gasteiger partial charge in [0.05, 0.1) is 0 Å². The van der Waals surface area contributed by atoms with Crippen LogP contribution in [0.25, 0.3) is 0 Å². The van der Waals surface area contributed by atoms with Gasteiger partial charge < -0.3 is 5.11 Å². The first-order valence-corrected chi connectivity index (χ1v) is 3.78. The summed E-state index contributed by atoms with van der Waals surface area (Å²) >= 11 is 0. The number of carboxylic acid groups (broad SMARTS) is 1. The largest absolute Gasteiger partial charge is 0.477 e. The number of carbonyl (C=O) groups is 1. The summed E-state index contributed by atoms with van der Waals surface area (Å²) in [5.41, 5.74) is 2.11. The first kappa shape index (κ1) is 8.71. The molecule has 12 heavy (non-hydrogen) atoms. The number of carboxylic acids is 1. The molecule has 0 aliphatic heterocycles. The van der Waals surface area contributed by atoms with E-state index in [1.54, 1.807) is 10.8 Å². The molecule has 64 valence electrons. The van der Waals surface area contributed by atoms with Gasteiger partial charge in [0, 0.05) is 18.6 Å². The zero-order valence-corrected chi connectivity index (χ0v) is 7.24. The Hall–Kier alpha value is -1.38. The Kier molecular flexibility index (Phi) is 2.43. The third-order valence-electron chi connectivity index (χ3n) is 1.92. The van der Waals surface area contributed by atoms with Crippen LogP contribution in [0.2, 0.25) is 0 Å². The molecule has 1 N–H and O–H groups in total. The van der Waals surface area contributed by atoms with E-state index in [1.165, 1.54) is 0 Å². The standard InChI is InChI=1S/C9H11NO2/c1-7-4-3-5-10(8(7)2)6-9(11)12/h3-5H,6H2,1-2H3/p+1. The smallest absolute Gasteiger partial charge is 0.370 e. The van der Waals surface area contributed by atoms with Gasteiger partial charge in [-0.25, -0.2) is 4.79 Å². The van der Waals surface area contributed by atoms with E-state index in [1.807, 2.05) is 26.0 Å². The van der Waals surface area contributed by atoms with Crippen molar-refractivity contribution in [3.8, 4) is 0 Å². The molecular formula is C9H12NO2+. The van der Waals surface area contributed by atoms with E-state index in [-0.39, 0.29) is 6.54 Å². The Morgan fingerprint density at radius 1 is 1.58 bits per heavy atom. The molecule has 1 heterocycles. The van der Waals surface area contributed by atoms with Crippen molar-refractivity contribution >= 4 is 5.97 Å². The molecule has 0 fully saturated rings. The van der Waals surface area contributed by atoms with E-state index in [0.29, 0.717) is 0 Å². The van der Waals surface area contributed by atoms with Crippen LogP contribution in [0.1, 0.15) is 11.3 Å². The lowest BCUT2D eigenvalue weighted by atomic mass is 10.2. The molecule has 0 saturated carbocycles. The Morgan fingerprint density at radius 2 is 2.25 bits per heavy atom. The van der Waals surface area contributed by atoms with Crippen molar-refractivity contribution in [2.24, 2.45) is 0 Å². The highest BCUT2D eigenvalue weighted by molar-refractivity contribution is 5.64. The van der Waals surface area contributed by atoms with Crippen LogP contribution in [0, 0.1) is 13.8 Å². The van der Waals surface area contributed by atoms with Crippen LogP contribution in [0.15, 0.2) is 18.3 Å². The molecule has 1 aromatic rings. The van der Waals surface area contributed by atoms with Gasteiger partial charge in [0.15, 0.2) is 11.9 Å². The zero-order chi connectivity index (χ0) is 9.14. The van der Waals surface area contributed by atoms with Gasteiger partial charge >= 0.3 is 5.97 Å². The minimum absolute atomic E-state index is 0.0352. The molecule has 0 bridgehead atoms. The Bertz CT molecular complexity index is 307. The lowest BCUT2D eigenvalue weighted by Gasteiger charge is -1.98. The van der Waals surface area contributed by atoms with Gasteiger partial charge in [-0.1, -0.05) is 0 Å². The van der Waals surface area contributed by atoms with Crippen LogP contribution in [0.5, 0.6) is 0 Å². The van der Waals surface area contributed by atoms with Gasteiger partial charge in [0.2, 0.25) is 6.54 Å². The molecule has 0 spiro atoms. The summed E-state index contributed by atoms with van der Waals surface area (Å²) in [5.74, 6) is -0.811. The first-order valence-electron chi connectivity index (χ1n) is 3.78. The van der Waals surface area contributed by atoms with E-state index in [9.17, 15) is 4.79 Å². The van der Waals surface area contributed by atoms with Crippen LogP contribution in [0.4, 0.5) is 0 Å². The summed E-state index contributed by atoms with van der Waals surface area (Å²) in [5, 5.41) is 8.56. The molecule has 0 aliphatic carbocycles. The van der Waals surface area contributed by atoms with Crippen molar-refractivity contribution in [3.05, 3.63) is 29.6 Å². The zero-order valence-electron chi connectivity index (χ0n) is 7.24. The summed E-state index contributed by atoms with van der Waals surface area (Å²) < 4.78 is 1.72. The molecule has 1 aromatic heterocycles. The highest BCUT2D eigenvalue weighted by Gasteiger charge is 2.11. The quantitative estimate of drug-likeness (QED) is 0.656. The predicted molar refractivity (Wildman–Crippen MR) is 43.7 cm³/mol. The molecule has 3 heteroatoms. The second kappa shape index (κ2) is 3.34. The summed E-state index contributed by atoms with van der Waals surface area (Å²) in [6.07, 6.45) is 1.77. The van der Waals surface area contributed by atoms with Gasteiger partial charge in [0.1, 0.15) is 0 Å². The van der Waals surface area contributed by atoms with Crippen LogP contribution in [0.3, 0.4) is 0 Å². The van der Waals surface area contributed by atoms with Gasteiger partial charge in [-0.2, -0.15) is 4.57 Å². The summed E-state index contributed by atoms with van der Waals surface area (Å²) in [6, 6.07) is 3.82. The number of hydrogen-bond acceptors (Lipinski definition) is 1. The molecule has 0 unspecified atom stereocenters. The summed E-state index contributed by atoms with van der Waals surface area (Å²) in [6.45, 7) is 3.92. The van der Waals surface area contributed by atoms with E-state index >= 15 is 0 Å². The lowest BCUT2D eigenvalue weighted by Crippen LogP contribution is -2.40. The molecule has 3 nitrogen and oxygen atoms in total. The maximum Gasteiger partial charge on any atom is 0.370 e. The van der Waals surface area contributed by atoms with Gasteiger partial charge in [-0.05, 0) is 13.0 Å². The van der Waals surface area contributed by atoms with E-state index in [2.05, 4.69) is 0 Å². The van der Waals surface area contributed by atoms with E-state index in [0.717, 1.165) is 11.3 Å². The molecule has 0 amide bonds. The van der Waals surface area contributed by atoms with E-state index in [4.69, 9.17) is 5.11 Å². The number of aliphatic carboxylic acids is 1. The number of pyridine rings is 1. The Balaban J connectivity index is 3.00. The fraction of sp³-hybridized carbons (Fsp3) is 0.333. The van der Waals surface area contributed by atoms with Crippen molar-refractivity contribution in [1.82, 2.24) is 0 Å². The second-order valence-corrected chi connectivity index (χ2v) is 2.80. The summed E-state index contributed by atoms with van der Waals surface area (Å²) in [4.78, 5) is 10.4. The highest BCUT2D eigenvalue weighted by Crippen LogP contribution is 1.98. The number of aromatic nitrogens is 1. The minimum Gasteiger partial charge on any atom is -0.477 e. The minimum atomic E-state index is -0.811. The van der Waals surface area contributed by atoms with Gasteiger partial charge in [-0.3, -0.25) is 0 Å². The molecule has 0 aliphatic rings. The van der Waals surface area contributed by atoms with Crippen LogP contribution in [-0.2, 0) is 11.3 Å². The third kappa shape index (κ3) is 1.81. The molecule has 1 rings (SSSR count). The second-order valence-electron chi connectivity index (χ2n) is 2.80. The number of hydrogen-bond donors (Lipinski definition) is 1. The van der Waals surface area contributed by atoms with Gasteiger partial charge in [-0.15, -0.1) is 0 Å². The number of aryl methyl sites for hydroxylation is 1. The van der Waals surface area contributed by atoms with E-state index < -0.39 is 5.97 Å². The van der Waals surface area contributed by atoms with Crippen LogP contribution < -0.4 is 4.57 Å². The average Bonchev–Trinajstić information content (AvgIpc) is 1.98. The van der Waals surface area contributed by atoms with Crippen LogP contribution >= 0.6 is 0 Å². The maximum atomic E-state index is 10.4. The van der Waals surface area contributed by atoms with Gasteiger partial charge in [0.25, 0.3) is 0 Å². The lowest BCUT2D eigenvalue weighted by molar-refractivity contribution is -0.692. The average molecular weight is 166 g/mol. The number of rotatable bonds is 2. The summed E-state index contributed by atoms with van der Waals surface area (Å²) in [7, 11) is 0. The van der Waals surface area contributed by atoms with Crippen molar-refractivity contribution in [1.29, 1.82) is 0 Å². The van der Waals surface area contributed by atoms with Crippen molar-refractivity contribution in [2.75, 3.05) is 0 Å². The first-order chi connectivity index (χ1) is 5.61. The normalized spacial score (nSPS) is 9.83. The fourth-order valence-electron chi connectivity index (χ4n) is 1.07. The highest BCUT2D eigenvalue weighted by atomic mass is 16.4. The van der Waals surface area contributed by atoms with Crippen molar-refractivity contribution < 1.29 is 14.5 Å². The molecule has 0 aromatic carbocycles. The van der Waals surface area contributed by atoms with Crippen molar-refractivity contribution in [3.63, 3.8) is 0 Å². The van der Waals surface area contributed by atoms with Crippen LogP contribution in [-0.4, -0.2) is 11.1 Å². The Morgan fingerprint density at radius 3 is 2.83 bits per heavy atom.